The number of aliphatic hydroxyl groups excluding tert-OH is 5. The van der Waals surface area contributed by atoms with Crippen molar-refractivity contribution in [1.82, 2.24) is 0 Å². The van der Waals surface area contributed by atoms with E-state index in [0.717, 1.165) is 0 Å². The average molecular weight is 354 g/mol. The Morgan fingerprint density at radius 2 is 1.46 bits per heavy atom. The second kappa shape index (κ2) is 9.19. The van der Waals surface area contributed by atoms with Gasteiger partial charge in [-0.1, -0.05) is 0 Å². The van der Waals surface area contributed by atoms with Crippen LogP contribution in [0, 0.1) is 0 Å². The lowest BCUT2D eigenvalue weighted by atomic mass is 9.99. The molecule has 12 heteroatoms. The molecular weight excluding hydrogens is 332 g/mol. The molecule has 7 atom stereocenters. The maximum atomic E-state index is 11.6. The van der Waals surface area contributed by atoms with Crippen LogP contribution < -0.4 is 11.5 Å². The van der Waals surface area contributed by atoms with Crippen LogP contribution in [-0.4, -0.2) is 100 Å². The highest BCUT2D eigenvalue weighted by molar-refractivity contribution is 5.76. The smallest absolute Gasteiger partial charge is 0.327 e. The molecule has 1 rings (SSSR count). The van der Waals surface area contributed by atoms with Crippen molar-refractivity contribution < 1.29 is 49.3 Å². The zero-order valence-electron chi connectivity index (χ0n) is 12.6. The Bertz CT molecular complexity index is 436. The van der Waals surface area contributed by atoms with Crippen molar-refractivity contribution in [1.29, 1.82) is 0 Å². The van der Waals surface area contributed by atoms with Gasteiger partial charge in [-0.05, 0) is 0 Å². The van der Waals surface area contributed by atoms with Crippen LogP contribution in [0.2, 0.25) is 0 Å². The Labute approximate surface area is 136 Å². The molecule has 0 aromatic heterocycles. The van der Waals surface area contributed by atoms with Gasteiger partial charge in [0.1, 0.15) is 24.3 Å². The van der Waals surface area contributed by atoms with Gasteiger partial charge in [-0.15, -0.1) is 0 Å². The van der Waals surface area contributed by atoms with Gasteiger partial charge >= 0.3 is 11.9 Å². The minimum atomic E-state index is -1.83. The minimum Gasteiger partial charge on any atom is -0.455 e. The minimum absolute atomic E-state index is 0.725. The number of hydrogen-bond donors (Lipinski definition) is 7. The molecule has 0 aliphatic carbocycles. The predicted molar refractivity (Wildman–Crippen MR) is 73.9 cm³/mol. The van der Waals surface area contributed by atoms with Crippen molar-refractivity contribution in [3.8, 4) is 0 Å². The molecule has 0 aromatic carbocycles. The number of carbonyl (C=O) groups excluding carboxylic acids is 2. The molecular formula is C12H22N2O10. The molecule has 0 radical (unpaired) electrons. The number of aliphatic hydroxyl groups is 5. The summed E-state index contributed by atoms with van der Waals surface area (Å²) in [6, 6.07) is -2.81. The van der Waals surface area contributed by atoms with Crippen LogP contribution in [0.3, 0.4) is 0 Å². The maximum absolute atomic E-state index is 11.6. The third-order valence-electron chi connectivity index (χ3n) is 3.31. The van der Waals surface area contributed by atoms with Gasteiger partial charge in [-0.3, -0.25) is 9.59 Å². The van der Waals surface area contributed by atoms with Gasteiger partial charge in [0.2, 0.25) is 6.29 Å². The van der Waals surface area contributed by atoms with E-state index >= 15 is 0 Å². The number of rotatable bonds is 7. The zero-order valence-corrected chi connectivity index (χ0v) is 12.6. The first kappa shape index (κ1) is 20.7. The molecule has 24 heavy (non-hydrogen) atoms. The van der Waals surface area contributed by atoms with E-state index in [1.807, 2.05) is 0 Å². The molecule has 12 nitrogen and oxygen atoms in total. The molecule has 0 unspecified atom stereocenters. The molecule has 140 valence electrons. The normalized spacial score (nSPS) is 32.7. The highest BCUT2D eigenvalue weighted by Gasteiger charge is 2.48. The Balaban J connectivity index is 2.88. The van der Waals surface area contributed by atoms with Crippen LogP contribution in [0.5, 0.6) is 0 Å². The van der Waals surface area contributed by atoms with Crippen molar-refractivity contribution in [2.45, 2.75) is 42.8 Å². The Morgan fingerprint density at radius 3 is 1.92 bits per heavy atom. The van der Waals surface area contributed by atoms with E-state index in [1.165, 1.54) is 0 Å². The first-order valence-electron chi connectivity index (χ1n) is 7.03. The second-order valence-electron chi connectivity index (χ2n) is 5.12. The summed E-state index contributed by atoms with van der Waals surface area (Å²) in [7, 11) is 0. The van der Waals surface area contributed by atoms with E-state index in [4.69, 9.17) is 35.9 Å². The summed E-state index contributed by atoms with van der Waals surface area (Å²) in [5, 5.41) is 46.8. The average Bonchev–Trinajstić information content (AvgIpc) is 2.58. The molecule has 1 saturated heterocycles. The van der Waals surface area contributed by atoms with Gasteiger partial charge in [0.05, 0.1) is 19.8 Å². The van der Waals surface area contributed by atoms with Crippen LogP contribution in [0.15, 0.2) is 0 Å². The van der Waals surface area contributed by atoms with Crippen LogP contribution in [0.1, 0.15) is 0 Å². The Morgan fingerprint density at radius 1 is 0.958 bits per heavy atom. The Kier molecular flexibility index (Phi) is 7.92. The predicted octanol–water partition coefficient (Wildman–Crippen LogP) is -5.48. The van der Waals surface area contributed by atoms with Gasteiger partial charge < -0.3 is 51.2 Å². The zero-order chi connectivity index (χ0) is 18.4. The van der Waals surface area contributed by atoms with Crippen LogP contribution in [0.4, 0.5) is 0 Å². The molecule has 1 fully saturated rings. The van der Waals surface area contributed by atoms with Gasteiger partial charge in [0.25, 0.3) is 0 Å². The van der Waals surface area contributed by atoms with Crippen molar-refractivity contribution in [2.24, 2.45) is 11.5 Å². The van der Waals surface area contributed by atoms with E-state index < -0.39 is 74.5 Å². The first-order valence-corrected chi connectivity index (χ1v) is 7.03. The summed E-state index contributed by atoms with van der Waals surface area (Å²) in [4.78, 5) is 23.2. The van der Waals surface area contributed by atoms with E-state index in [-0.39, 0.29) is 0 Å². The molecule has 1 heterocycles. The van der Waals surface area contributed by atoms with Crippen molar-refractivity contribution in [3.63, 3.8) is 0 Å². The van der Waals surface area contributed by atoms with Crippen LogP contribution >= 0.6 is 0 Å². The lowest BCUT2D eigenvalue weighted by Crippen LogP contribution is -2.62. The highest BCUT2D eigenvalue weighted by Crippen LogP contribution is 2.25. The standard InChI is InChI=1S/C12H22N2O10/c13-4(1-15)10(20)23-9-7(18)6(3-17)22-12(8(9)19)24-11(21)5(14)2-16/h4-9,12,15-19H,1-3,13-14H2/t4-,5-,6+,7+,8-,9-,12+/m0/s1. The van der Waals surface area contributed by atoms with Crippen LogP contribution in [0.25, 0.3) is 0 Å². The summed E-state index contributed by atoms with van der Waals surface area (Å²) in [5.74, 6) is -2.25. The van der Waals surface area contributed by atoms with E-state index in [9.17, 15) is 24.9 Å². The third-order valence-corrected chi connectivity index (χ3v) is 3.31. The molecule has 1 aliphatic rings. The summed E-state index contributed by atoms with van der Waals surface area (Å²) >= 11 is 0. The molecule has 0 amide bonds. The van der Waals surface area contributed by atoms with Crippen molar-refractivity contribution >= 4 is 11.9 Å². The fourth-order valence-electron chi connectivity index (χ4n) is 1.86. The number of ether oxygens (including phenoxy) is 3. The molecule has 0 bridgehead atoms. The topological polar surface area (TPSA) is 215 Å². The SMILES string of the molecule is N[C@@H](CO)C(=O)O[C@H]1O[C@H](CO)[C@@H](O)[C@H](OC(=O)[C@@H](N)CO)[C@@H]1O. The largest absolute Gasteiger partial charge is 0.455 e. The van der Waals surface area contributed by atoms with E-state index in [1.54, 1.807) is 0 Å². The molecule has 1 aliphatic heterocycles. The van der Waals surface area contributed by atoms with E-state index in [0.29, 0.717) is 0 Å². The highest BCUT2D eigenvalue weighted by atomic mass is 16.7. The van der Waals surface area contributed by atoms with Gasteiger partial charge in [0.15, 0.2) is 12.2 Å². The van der Waals surface area contributed by atoms with Crippen molar-refractivity contribution in [2.75, 3.05) is 19.8 Å². The van der Waals surface area contributed by atoms with E-state index in [2.05, 4.69) is 0 Å². The first-order chi connectivity index (χ1) is 11.3. The summed E-state index contributed by atoms with van der Waals surface area (Å²) in [5.41, 5.74) is 10.5. The van der Waals surface area contributed by atoms with Crippen molar-refractivity contribution in [3.05, 3.63) is 0 Å². The fourth-order valence-corrected chi connectivity index (χ4v) is 1.86. The Hall–Kier alpha value is -1.38. The van der Waals surface area contributed by atoms with Crippen LogP contribution in [-0.2, 0) is 23.8 Å². The molecule has 0 aromatic rings. The number of nitrogens with two attached hydrogens (primary N) is 2. The molecule has 9 N–H and O–H groups in total. The lowest BCUT2D eigenvalue weighted by molar-refractivity contribution is -0.296. The molecule has 0 saturated carbocycles. The monoisotopic (exact) mass is 354 g/mol. The summed E-state index contributed by atoms with van der Waals surface area (Å²) in [6.07, 6.45) is -8.20. The maximum Gasteiger partial charge on any atom is 0.327 e. The fraction of sp³-hybridized carbons (Fsp3) is 0.833. The van der Waals surface area contributed by atoms with Gasteiger partial charge in [0, 0.05) is 0 Å². The van der Waals surface area contributed by atoms with Gasteiger partial charge in [-0.2, -0.15) is 0 Å². The quantitative estimate of drug-likeness (QED) is 0.213. The number of esters is 2. The summed E-state index contributed by atoms with van der Waals surface area (Å²) in [6.45, 7) is -2.20. The number of hydrogen-bond acceptors (Lipinski definition) is 12. The summed E-state index contributed by atoms with van der Waals surface area (Å²) < 4.78 is 14.6. The third kappa shape index (κ3) is 4.81. The number of carbonyl (C=O) groups is 2. The molecule has 0 spiro atoms. The second-order valence-corrected chi connectivity index (χ2v) is 5.12. The van der Waals surface area contributed by atoms with Gasteiger partial charge in [-0.25, -0.2) is 0 Å². The lowest BCUT2D eigenvalue weighted by Gasteiger charge is -2.41.